The first kappa shape index (κ1) is 14.3. The zero-order chi connectivity index (χ0) is 12.8. The summed E-state index contributed by atoms with van der Waals surface area (Å²) < 4.78 is 0. The van der Waals surface area contributed by atoms with Crippen LogP contribution in [-0.4, -0.2) is 62.2 Å². The molecule has 1 unspecified atom stereocenters. The van der Waals surface area contributed by atoms with Crippen LogP contribution in [0.15, 0.2) is 0 Å². The van der Waals surface area contributed by atoms with Gasteiger partial charge in [0.2, 0.25) is 0 Å². The van der Waals surface area contributed by atoms with E-state index in [1.165, 1.54) is 71.6 Å². The summed E-state index contributed by atoms with van der Waals surface area (Å²) in [7, 11) is 0. The highest BCUT2D eigenvalue weighted by Crippen LogP contribution is 2.16. The predicted molar refractivity (Wildman–Crippen MR) is 77.9 cm³/mol. The molecule has 2 heterocycles. The third-order valence-electron chi connectivity index (χ3n) is 4.29. The van der Waals surface area contributed by atoms with Crippen LogP contribution in [-0.2, 0) is 0 Å². The molecule has 2 fully saturated rings. The van der Waals surface area contributed by atoms with Crippen LogP contribution < -0.4 is 5.32 Å². The zero-order valence-electron chi connectivity index (χ0n) is 12.3. The average Bonchev–Trinajstić information content (AvgIpc) is 2.96. The van der Waals surface area contributed by atoms with E-state index in [1.807, 2.05) is 0 Å². The Kier molecular flexibility index (Phi) is 5.93. The second-order valence-electron chi connectivity index (χ2n) is 6.56. The van der Waals surface area contributed by atoms with E-state index in [1.54, 1.807) is 0 Å². The number of hydrogen-bond donors (Lipinski definition) is 1. The maximum atomic E-state index is 3.61. The Morgan fingerprint density at radius 3 is 2.50 bits per heavy atom. The van der Waals surface area contributed by atoms with Gasteiger partial charge in [-0.05, 0) is 63.8 Å². The fourth-order valence-corrected chi connectivity index (χ4v) is 3.15. The van der Waals surface area contributed by atoms with E-state index in [0.717, 1.165) is 11.8 Å². The topological polar surface area (TPSA) is 18.5 Å². The minimum atomic E-state index is 0.776. The molecule has 0 radical (unpaired) electrons. The predicted octanol–water partition coefficient (Wildman–Crippen LogP) is 1.65. The van der Waals surface area contributed by atoms with Crippen LogP contribution in [0.5, 0.6) is 0 Å². The van der Waals surface area contributed by atoms with E-state index in [-0.39, 0.29) is 0 Å². The van der Waals surface area contributed by atoms with Gasteiger partial charge in [0, 0.05) is 19.6 Å². The molecule has 0 aliphatic carbocycles. The summed E-state index contributed by atoms with van der Waals surface area (Å²) in [6.07, 6.45) is 4.23. The molecule has 0 aromatic rings. The maximum Gasteiger partial charge on any atom is 0.0109 e. The number of nitrogens with zero attached hydrogens (tertiary/aromatic N) is 2. The van der Waals surface area contributed by atoms with Crippen molar-refractivity contribution in [3.63, 3.8) is 0 Å². The molecule has 106 valence electrons. The molecule has 0 aromatic carbocycles. The van der Waals surface area contributed by atoms with E-state index in [0.29, 0.717) is 0 Å². The quantitative estimate of drug-likeness (QED) is 0.744. The molecule has 0 aromatic heterocycles. The third kappa shape index (κ3) is 4.87. The summed E-state index contributed by atoms with van der Waals surface area (Å²) >= 11 is 0. The number of nitrogens with one attached hydrogen (secondary N) is 1. The SMILES string of the molecule is CC(C)CNCC1CCN(CCN2CCCC2)C1. The van der Waals surface area contributed by atoms with Gasteiger partial charge in [-0.15, -0.1) is 0 Å². The lowest BCUT2D eigenvalue weighted by Gasteiger charge is -2.21. The molecular formula is C15H31N3. The molecule has 0 saturated carbocycles. The van der Waals surface area contributed by atoms with Crippen LogP contribution in [0.2, 0.25) is 0 Å². The summed E-state index contributed by atoms with van der Waals surface area (Å²) in [6.45, 7) is 14.9. The fourth-order valence-electron chi connectivity index (χ4n) is 3.15. The molecule has 2 aliphatic rings. The van der Waals surface area contributed by atoms with E-state index in [2.05, 4.69) is 29.0 Å². The van der Waals surface area contributed by atoms with Crippen molar-refractivity contribution >= 4 is 0 Å². The molecule has 0 bridgehead atoms. The highest BCUT2D eigenvalue weighted by atomic mass is 15.2. The van der Waals surface area contributed by atoms with Crippen molar-refractivity contribution in [3.05, 3.63) is 0 Å². The molecule has 3 nitrogen and oxygen atoms in total. The van der Waals surface area contributed by atoms with Gasteiger partial charge in [-0.2, -0.15) is 0 Å². The first-order valence-corrected chi connectivity index (χ1v) is 7.89. The molecule has 18 heavy (non-hydrogen) atoms. The van der Waals surface area contributed by atoms with E-state index < -0.39 is 0 Å². The molecule has 2 rings (SSSR count). The Balaban J connectivity index is 1.53. The smallest absolute Gasteiger partial charge is 0.0109 e. The van der Waals surface area contributed by atoms with E-state index >= 15 is 0 Å². The molecule has 2 saturated heterocycles. The average molecular weight is 253 g/mol. The number of likely N-dealkylation sites (tertiary alicyclic amines) is 2. The highest BCUT2D eigenvalue weighted by Gasteiger charge is 2.22. The molecule has 2 aliphatic heterocycles. The lowest BCUT2D eigenvalue weighted by Crippen LogP contribution is -2.33. The summed E-state index contributed by atoms with van der Waals surface area (Å²) in [5, 5.41) is 3.61. The highest BCUT2D eigenvalue weighted by molar-refractivity contribution is 4.78. The maximum absolute atomic E-state index is 3.61. The van der Waals surface area contributed by atoms with Gasteiger partial charge in [0.25, 0.3) is 0 Å². The first-order chi connectivity index (χ1) is 8.74. The minimum Gasteiger partial charge on any atom is -0.316 e. The Morgan fingerprint density at radius 1 is 1.06 bits per heavy atom. The molecular weight excluding hydrogens is 222 g/mol. The first-order valence-electron chi connectivity index (χ1n) is 7.89. The summed E-state index contributed by atoms with van der Waals surface area (Å²) in [5.41, 5.74) is 0. The molecule has 3 heteroatoms. The van der Waals surface area contributed by atoms with Gasteiger partial charge < -0.3 is 15.1 Å². The Bertz CT molecular complexity index is 224. The van der Waals surface area contributed by atoms with Crippen molar-refractivity contribution in [2.45, 2.75) is 33.1 Å². The van der Waals surface area contributed by atoms with Gasteiger partial charge in [0.15, 0.2) is 0 Å². The molecule has 1 N–H and O–H groups in total. The molecule has 0 amide bonds. The van der Waals surface area contributed by atoms with Gasteiger partial charge >= 0.3 is 0 Å². The summed E-state index contributed by atoms with van der Waals surface area (Å²) in [6, 6.07) is 0. The van der Waals surface area contributed by atoms with Crippen molar-refractivity contribution in [1.29, 1.82) is 0 Å². The van der Waals surface area contributed by atoms with Gasteiger partial charge in [-0.3, -0.25) is 0 Å². The van der Waals surface area contributed by atoms with Crippen LogP contribution in [0.25, 0.3) is 0 Å². The monoisotopic (exact) mass is 253 g/mol. The van der Waals surface area contributed by atoms with Crippen LogP contribution in [0.4, 0.5) is 0 Å². The van der Waals surface area contributed by atoms with Crippen molar-refractivity contribution in [3.8, 4) is 0 Å². The lowest BCUT2D eigenvalue weighted by atomic mass is 10.1. The second kappa shape index (κ2) is 7.46. The number of hydrogen-bond acceptors (Lipinski definition) is 3. The van der Waals surface area contributed by atoms with Crippen LogP contribution in [0.3, 0.4) is 0 Å². The van der Waals surface area contributed by atoms with Gasteiger partial charge in [0.1, 0.15) is 0 Å². The number of rotatable bonds is 7. The molecule has 0 spiro atoms. The Labute approximate surface area is 113 Å². The van der Waals surface area contributed by atoms with Crippen LogP contribution in [0, 0.1) is 11.8 Å². The minimum absolute atomic E-state index is 0.776. The molecule has 1 atom stereocenters. The van der Waals surface area contributed by atoms with Crippen LogP contribution in [0.1, 0.15) is 33.1 Å². The van der Waals surface area contributed by atoms with E-state index in [4.69, 9.17) is 0 Å². The third-order valence-corrected chi connectivity index (χ3v) is 4.29. The normalized spacial score (nSPS) is 26.5. The fraction of sp³-hybridized carbons (Fsp3) is 1.00. The lowest BCUT2D eigenvalue weighted by molar-refractivity contribution is 0.251. The Morgan fingerprint density at radius 2 is 1.78 bits per heavy atom. The van der Waals surface area contributed by atoms with E-state index in [9.17, 15) is 0 Å². The van der Waals surface area contributed by atoms with Crippen molar-refractivity contribution in [2.24, 2.45) is 11.8 Å². The van der Waals surface area contributed by atoms with Gasteiger partial charge in [-0.1, -0.05) is 13.8 Å². The van der Waals surface area contributed by atoms with Crippen LogP contribution >= 0.6 is 0 Å². The van der Waals surface area contributed by atoms with Crippen molar-refractivity contribution in [2.75, 3.05) is 52.4 Å². The zero-order valence-corrected chi connectivity index (χ0v) is 12.3. The largest absolute Gasteiger partial charge is 0.316 e. The van der Waals surface area contributed by atoms with Gasteiger partial charge in [-0.25, -0.2) is 0 Å². The van der Waals surface area contributed by atoms with Crippen molar-refractivity contribution < 1.29 is 0 Å². The summed E-state index contributed by atoms with van der Waals surface area (Å²) in [4.78, 5) is 5.30. The van der Waals surface area contributed by atoms with Crippen molar-refractivity contribution in [1.82, 2.24) is 15.1 Å². The summed E-state index contributed by atoms with van der Waals surface area (Å²) in [5.74, 6) is 1.67. The second-order valence-corrected chi connectivity index (χ2v) is 6.56. The Hall–Kier alpha value is -0.120. The van der Waals surface area contributed by atoms with Gasteiger partial charge in [0.05, 0.1) is 0 Å². The standard InChI is InChI=1S/C15H31N3/c1-14(2)11-16-12-15-5-8-18(13-15)10-9-17-6-3-4-7-17/h14-16H,3-13H2,1-2H3.